The highest BCUT2D eigenvalue weighted by Crippen LogP contribution is 2.32. The highest BCUT2D eigenvalue weighted by Gasteiger charge is 2.40. The average molecular weight is 571 g/mol. The molecule has 2 atom stereocenters. The van der Waals surface area contributed by atoms with Crippen molar-refractivity contribution in [3.8, 4) is 0 Å². The smallest absolute Gasteiger partial charge is 0.264 e. The van der Waals surface area contributed by atoms with E-state index in [1.165, 1.54) is 22.5 Å². The third-order valence-corrected chi connectivity index (χ3v) is 10.2. The molecule has 2 saturated heterocycles. The van der Waals surface area contributed by atoms with Gasteiger partial charge in [-0.05, 0) is 68.5 Å². The van der Waals surface area contributed by atoms with E-state index in [1.54, 1.807) is 35.2 Å². The Kier molecular flexibility index (Phi) is 8.30. The molecule has 0 saturated carbocycles. The number of anilines is 1. The van der Waals surface area contributed by atoms with Crippen LogP contribution in [0.1, 0.15) is 42.5 Å². The summed E-state index contributed by atoms with van der Waals surface area (Å²) in [5, 5.41) is 6.73. The first-order valence-electron chi connectivity index (χ1n) is 13.6. The average Bonchev–Trinajstić information content (AvgIpc) is 3.30. The van der Waals surface area contributed by atoms with E-state index in [0.29, 0.717) is 44.7 Å². The minimum Gasteiger partial charge on any atom is -0.355 e. The summed E-state index contributed by atoms with van der Waals surface area (Å²) < 4.78 is 29.3. The number of carbonyl (C=O) groups is 2. The number of allylic oxidation sites excluding steroid dienone is 1. The predicted octanol–water partition coefficient (Wildman–Crippen LogP) is 3.83. The lowest BCUT2D eigenvalue weighted by atomic mass is 9.82. The summed E-state index contributed by atoms with van der Waals surface area (Å²) in [7, 11) is -4.03. The number of fused-ring (bicyclic) bond motifs is 4. The van der Waals surface area contributed by atoms with E-state index in [4.69, 9.17) is 11.6 Å². The van der Waals surface area contributed by atoms with Crippen molar-refractivity contribution in [3.05, 3.63) is 71.3 Å². The van der Waals surface area contributed by atoms with Crippen LogP contribution in [0.3, 0.4) is 0 Å². The zero-order valence-corrected chi connectivity index (χ0v) is 23.5. The Balaban J connectivity index is 1.58. The first-order valence-corrected chi connectivity index (χ1v) is 15.4. The molecule has 2 amide bonds. The number of hydrogen-bond donors (Lipinski definition) is 2. The molecule has 2 aromatic rings. The van der Waals surface area contributed by atoms with Crippen LogP contribution in [0.15, 0.2) is 65.6 Å². The van der Waals surface area contributed by atoms with E-state index < -0.39 is 15.4 Å². The van der Waals surface area contributed by atoms with Crippen molar-refractivity contribution in [2.24, 2.45) is 11.3 Å². The second-order valence-corrected chi connectivity index (χ2v) is 13.0. The molecule has 8 nitrogen and oxygen atoms in total. The van der Waals surface area contributed by atoms with Gasteiger partial charge in [-0.3, -0.25) is 13.9 Å². The fourth-order valence-electron chi connectivity index (χ4n) is 5.75. The van der Waals surface area contributed by atoms with E-state index in [0.717, 1.165) is 25.8 Å². The Morgan fingerprint density at radius 3 is 2.62 bits per heavy atom. The zero-order valence-electron chi connectivity index (χ0n) is 21.9. The maximum Gasteiger partial charge on any atom is 0.264 e. The lowest BCUT2D eigenvalue weighted by molar-refractivity contribution is -0.130. The number of halogens is 1. The Morgan fingerprint density at radius 1 is 1.03 bits per heavy atom. The van der Waals surface area contributed by atoms with Crippen LogP contribution in [0, 0.1) is 11.3 Å². The van der Waals surface area contributed by atoms with Gasteiger partial charge in [0.2, 0.25) is 5.91 Å². The lowest BCUT2D eigenvalue weighted by Gasteiger charge is -2.28. The number of amides is 2. The SMILES string of the molecule is O=C1c2cc(ccc2Cl)S(=O)(=O)N(c2ccccc2)C/C=C/CC2(CCNC2)C(=O)NCC2CCCCN1C2. The second kappa shape index (κ2) is 11.7. The normalized spacial score (nSPS) is 27.1. The molecule has 5 rings (SSSR count). The summed E-state index contributed by atoms with van der Waals surface area (Å²) in [5.41, 5.74) is 0.0981. The highest BCUT2D eigenvalue weighted by molar-refractivity contribution is 7.92. The van der Waals surface area contributed by atoms with E-state index in [2.05, 4.69) is 10.6 Å². The number of sulfonamides is 1. The molecule has 0 aromatic heterocycles. The van der Waals surface area contributed by atoms with Gasteiger partial charge in [-0.25, -0.2) is 8.42 Å². The Bertz CT molecular complexity index is 1340. The van der Waals surface area contributed by atoms with Crippen LogP contribution in [0.4, 0.5) is 5.69 Å². The fraction of sp³-hybridized carbons (Fsp3) is 0.448. The molecule has 4 bridgehead atoms. The van der Waals surface area contributed by atoms with Crippen LogP contribution in [-0.4, -0.2) is 64.4 Å². The molecule has 0 radical (unpaired) electrons. The number of hydrogen-bond acceptors (Lipinski definition) is 5. The van der Waals surface area contributed by atoms with Crippen LogP contribution in [0.2, 0.25) is 5.02 Å². The van der Waals surface area contributed by atoms with Crippen LogP contribution in [0.5, 0.6) is 0 Å². The van der Waals surface area contributed by atoms with Crippen LogP contribution < -0.4 is 14.9 Å². The molecule has 1 spiro atoms. The highest BCUT2D eigenvalue weighted by atomic mass is 35.5. The molecule has 10 heteroatoms. The topological polar surface area (TPSA) is 98.8 Å². The summed E-state index contributed by atoms with van der Waals surface area (Å²) in [4.78, 5) is 28.9. The zero-order chi connectivity index (χ0) is 27.5. The lowest BCUT2D eigenvalue weighted by Crippen LogP contribution is -2.45. The molecule has 0 aliphatic carbocycles. The van der Waals surface area contributed by atoms with E-state index >= 15 is 0 Å². The fourth-order valence-corrected chi connectivity index (χ4v) is 7.39. The minimum atomic E-state index is -4.03. The number of benzene rings is 2. The molecule has 3 aliphatic heterocycles. The van der Waals surface area contributed by atoms with Crippen LogP contribution >= 0.6 is 11.6 Å². The third kappa shape index (κ3) is 5.85. The monoisotopic (exact) mass is 570 g/mol. The van der Waals surface area contributed by atoms with Crippen molar-refractivity contribution < 1.29 is 18.0 Å². The quantitative estimate of drug-likeness (QED) is 0.508. The van der Waals surface area contributed by atoms with Crippen molar-refractivity contribution in [1.29, 1.82) is 0 Å². The second-order valence-electron chi connectivity index (χ2n) is 10.7. The van der Waals surface area contributed by atoms with Gasteiger partial charge in [0.1, 0.15) is 0 Å². The standard InChI is InChI=1S/C29H35ClN4O4S/c30-26-12-11-24-18-25(26)27(35)33-16-6-4-8-22(20-33)19-32-28(36)29(14-15-31-21-29)13-5-7-17-34(39(24,37)38)23-9-2-1-3-10-23/h1-3,5,7,9-12,18,22,31H,4,6,8,13-17,19-21H2,(H,32,36)/b7-5+. The Morgan fingerprint density at radius 2 is 1.85 bits per heavy atom. The Hall–Kier alpha value is -2.88. The van der Waals surface area contributed by atoms with Gasteiger partial charge >= 0.3 is 0 Å². The van der Waals surface area contributed by atoms with Gasteiger partial charge in [0.15, 0.2) is 0 Å². The molecule has 2 unspecified atom stereocenters. The predicted molar refractivity (Wildman–Crippen MR) is 152 cm³/mol. The molecule has 208 valence electrons. The van der Waals surface area contributed by atoms with Gasteiger partial charge in [0.05, 0.1) is 33.1 Å². The molecule has 2 N–H and O–H groups in total. The van der Waals surface area contributed by atoms with E-state index in [9.17, 15) is 18.0 Å². The van der Waals surface area contributed by atoms with Crippen LogP contribution in [-0.2, 0) is 14.8 Å². The van der Waals surface area contributed by atoms with Gasteiger partial charge in [-0.2, -0.15) is 0 Å². The molecule has 3 heterocycles. The summed E-state index contributed by atoms with van der Waals surface area (Å²) in [5.74, 6) is -0.176. The molecular formula is C29H35ClN4O4S. The molecule has 3 aliphatic rings. The van der Waals surface area contributed by atoms with Crippen molar-refractivity contribution in [2.75, 3.05) is 43.6 Å². The number of nitrogens with zero attached hydrogens (tertiary/aromatic N) is 2. The maximum atomic E-state index is 14.0. The first kappa shape index (κ1) is 27.7. The van der Waals surface area contributed by atoms with Crippen molar-refractivity contribution in [3.63, 3.8) is 0 Å². The Labute approximate surface area is 235 Å². The van der Waals surface area contributed by atoms with Crippen molar-refractivity contribution in [2.45, 2.75) is 37.0 Å². The van der Waals surface area contributed by atoms with Crippen molar-refractivity contribution >= 4 is 39.1 Å². The number of nitrogens with one attached hydrogen (secondary N) is 2. The first-order chi connectivity index (χ1) is 18.8. The molecule has 2 fully saturated rings. The van der Waals surface area contributed by atoms with Gasteiger partial charge in [0, 0.05) is 26.2 Å². The molecule has 2 aromatic carbocycles. The number of para-hydroxylation sites is 1. The van der Waals surface area contributed by atoms with E-state index in [1.807, 2.05) is 12.1 Å². The van der Waals surface area contributed by atoms with Crippen LogP contribution in [0.25, 0.3) is 0 Å². The largest absolute Gasteiger partial charge is 0.355 e. The van der Waals surface area contributed by atoms with Crippen molar-refractivity contribution in [1.82, 2.24) is 15.5 Å². The van der Waals surface area contributed by atoms with Gasteiger partial charge in [-0.15, -0.1) is 0 Å². The summed E-state index contributed by atoms with van der Waals surface area (Å²) in [6.07, 6.45) is 7.64. The molecule has 39 heavy (non-hydrogen) atoms. The number of rotatable bonds is 1. The summed E-state index contributed by atoms with van der Waals surface area (Å²) in [6.45, 7) is 2.95. The number of carbonyl (C=O) groups excluding carboxylic acids is 2. The van der Waals surface area contributed by atoms with Gasteiger partial charge < -0.3 is 15.5 Å². The molecular weight excluding hydrogens is 536 g/mol. The minimum absolute atomic E-state index is 0.00539. The summed E-state index contributed by atoms with van der Waals surface area (Å²) in [6, 6.07) is 13.2. The summed E-state index contributed by atoms with van der Waals surface area (Å²) >= 11 is 6.47. The van der Waals surface area contributed by atoms with Gasteiger partial charge in [0.25, 0.3) is 15.9 Å². The van der Waals surface area contributed by atoms with E-state index in [-0.39, 0.29) is 39.8 Å². The van der Waals surface area contributed by atoms with Gasteiger partial charge in [-0.1, -0.05) is 48.4 Å². The third-order valence-electron chi connectivity index (χ3n) is 8.08. The maximum absolute atomic E-state index is 14.0.